The third kappa shape index (κ3) is 4.74. The van der Waals surface area contributed by atoms with Gasteiger partial charge in [0, 0.05) is 56.4 Å². The number of carbonyl (C=O) groups is 1. The molecule has 0 N–H and O–H groups in total. The molecular formula is C27H37N5O2. The molecule has 7 heteroatoms. The molecule has 1 amide bonds. The summed E-state index contributed by atoms with van der Waals surface area (Å²) in [6.07, 6.45) is 0. The number of hydrogen-bond donors (Lipinski definition) is 0. The average Bonchev–Trinajstić information content (AvgIpc) is 3.01. The summed E-state index contributed by atoms with van der Waals surface area (Å²) < 4.78 is 3.45. The van der Waals surface area contributed by atoms with Gasteiger partial charge in [-0.3, -0.25) is 13.9 Å². The second-order valence-electron chi connectivity index (χ2n) is 11.6. The molecule has 1 saturated heterocycles. The Morgan fingerprint density at radius 3 is 2.09 bits per heavy atom. The third-order valence-electron chi connectivity index (χ3n) is 6.35. The Bertz CT molecular complexity index is 1250. The monoisotopic (exact) mass is 463 g/mol. The Kier molecular flexibility index (Phi) is 6.08. The number of benzene rings is 1. The topological polar surface area (TPSA) is 63.4 Å². The van der Waals surface area contributed by atoms with Crippen LogP contribution in [0.15, 0.2) is 41.2 Å². The van der Waals surface area contributed by atoms with Crippen molar-refractivity contribution in [3.05, 3.63) is 46.9 Å². The number of amides is 1. The molecule has 0 unspecified atom stereocenters. The van der Waals surface area contributed by atoms with Gasteiger partial charge in [-0.1, -0.05) is 53.7 Å². The predicted octanol–water partition coefficient (Wildman–Crippen LogP) is 4.14. The van der Waals surface area contributed by atoms with Gasteiger partial charge in [0.1, 0.15) is 0 Å². The fourth-order valence-electron chi connectivity index (χ4n) is 4.55. The van der Waals surface area contributed by atoms with Crippen molar-refractivity contribution in [1.29, 1.82) is 0 Å². The zero-order chi connectivity index (χ0) is 24.8. The van der Waals surface area contributed by atoms with Crippen LogP contribution in [-0.4, -0.2) is 51.1 Å². The molecule has 4 rings (SSSR count). The summed E-state index contributed by atoms with van der Waals surface area (Å²) in [4.78, 5) is 34.5. The van der Waals surface area contributed by atoms with Gasteiger partial charge in [0.05, 0.1) is 11.2 Å². The molecule has 0 spiro atoms. The number of piperazine rings is 1. The van der Waals surface area contributed by atoms with E-state index in [9.17, 15) is 9.59 Å². The Morgan fingerprint density at radius 1 is 0.912 bits per heavy atom. The smallest absolute Gasteiger partial charge is 0.330 e. The van der Waals surface area contributed by atoms with Crippen LogP contribution < -0.4 is 10.6 Å². The molecule has 7 nitrogen and oxygen atoms in total. The van der Waals surface area contributed by atoms with Crippen LogP contribution in [0.1, 0.15) is 41.5 Å². The number of carbonyl (C=O) groups excluding carboxylic acids is 1. The summed E-state index contributed by atoms with van der Waals surface area (Å²) in [5.41, 5.74) is 4.21. The van der Waals surface area contributed by atoms with Gasteiger partial charge in [0.2, 0.25) is 5.91 Å². The highest BCUT2D eigenvalue weighted by Gasteiger charge is 2.29. The molecule has 1 aliphatic heterocycles. The molecule has 182 valence electrons. The zero-order valence-electron chi connectivity index (χ0n) is 21.6. The standard InChI is InChI=1S/C27H37N5O2/c1-26(2,3)18-32-22-13-12-21(28-23(22)29(7)25(32)34)19-8-10-20(11-9-19)30-14-16-31(17-15-30)24(33)27(4,5)6/h8-13H,14-18H2,1-7H3. The Labute approximate surface area is 202 Å². The van der Waals surface area contributed by atoms with E-state index in [4.69, 9.17) is 4.98 Å². The van der Waals surface area contributed by atoms with Gasteiger partial charge < -0.3 is 9.80 Å². The Morgan fingerprint density at radius 2 is 1.53 bits per heavy atom. The highest BCUT2D eigenvalue weighted by molar-refractivity contribution is 5.82. The molecule has 0 aliphatic carbocycles. The van der Waals surface area contributed by atoms with Crippen molar-refractivity contribution >= 4 is 22.8 Å². The summed E-state index contributed by atoms with van der Waals surface area (Å²) in [6, 6.07) is 12.4. The number of aromatic nitrogens is 3. The normalized spacial score (nSPS) is 15.3. The van der Waals surface area contributed by atoms with Crippen molar-refractivity contribution in [2.75, 3.05) is 31.1 Å². The maximum atomic E-state index is 12.8. The van der Waals surface area contributed by atoms with Gasteiger partial charge in [0.25, 0.3) is 0 Å². The third-order valence-corrected chi connectivity index (χ3v) is 6.35. The largest absolute Gasteiger partial charge is 0.368 e. The van der Waals surface area contributed by atoms with Crippen LogP contribution in [0.2, 0.25) is 0 Å². The van der Waals surface area contributed by atoms with E-state index < -0.39 is 0 Å². The number of imidazole rings is 1. The highest BCUT2D eigenvalue weighted by atomic mass is 16.2. The van der Waals surface area contributed by atoms with Crippen molar-refractivity contribution < 1.29 is 4.79 Å². The van der Waals surface area contributed by atoms with Gasteiger partial charge in [-0.05, 0) is 29.7 Å². The summed E-state index contributed by atoms with van der Waals surface area (Å²) in [5.74, 6) is 0.217. The second kappa shape index (κ2) is 8.60. The van der Waals surface area contributed by atoms with E-state index in [1.165, 1.54) is 0 Å². The van der Waals surface area contributed by atoms with Gasteiger partial charge in [-0.15, -0.1) is 0 Å². The number of aryl methyl sites for hydroxylation is 1. The first-order valence-corrected chi connectivity index (χ1v) is 12.1. The molecule has 2 aromatic heterocycles. The van der Waals surface area contributed by atoms with Crippen LogP contribution >= 0.6 is 0 Å². The van der Waals surface area contributed by atoms with Gasteiger partial charge in [-0.25, -0.2) is 9.78 Å². The van der Waals surface area contributed by atoms with Crippen LogP contribution in [0.3, 0.4) is 0 Å². The summed E-state index contributed by atoms with van der Waals surface area (Å²) in [6.45, 7) is 16.1. The number of pyridine rings is 1. The minimum absolute atomic E-state index is 0.00186. The predicted molar refractivity (Wildman–Crippen MR) is 138 cm³/mol. The van der Waals surface area contributed by atoms with E-state index in [1.807, 2.05) is 42.4 Å². The minimum atomic E-state index is -0.338. The number of fused-ring (bicyclic) bond motifs is 1. The molecule has 0 bridgehead atoms. The summed E-state index contributed by atoms with van der Waals surface area (Å²) in [5, 5.41) is 0. The van der Waals surface area contributed by atoms with Crippen molar-refractivity contribution in [3.63, 3.8) is 0 Å². The first kappa shape index (κ1) is 24.0. The lowest BCUT2D eigenvalue weighted by atomic mass is 9.94. The van der Waals surface area contributed by atoms with Crippen molar-refractivity contribution in [2.45, 2.75) is 48.1 Å². The molecular weight excluding hydrogens is 426 g/mol. The number of rotatable bonds is 3. The van der Waals surface area contributed by atoms with Crippen LogP contribution in [0.4, 0.5) is 5.69 Å². The number of hydrogen-bond acceptors (Lipinski definition) is 4. The lowest BCUT2D eigenvalue weighted by Gasteiger charge is -2.38. The molecule has 3 heterocycles. The Hall–Kier alpha value is -3.09. The average molecular weight is 464 g/mol. The molecule has 34 heavy (non-hydrogen) atoms. The van der Waals surface area contributed by atoms with Crippen molar-refractivity contribution in [1.82, 2.24) is 19.0 Å². The van der Waals surface area contributed by atoms with Gasteiger partial charge in [0.15, 0.2) is 5.65 Å². The van der Waals surface area contributed by atoms with Crippen molar-refractivity contribution in [2.24, 2.45) is 17.9 Å². The van der Waals surface area contributed by atoms with E-state index in [0.717, 1.165) is 48.6 Å². The summed E-state index contributed by atoms with van der Waals surface area (Å²) in [7, 11) is 1.79. The molecule has 1 fully saturated rings. The molecule has 1 aliphatic rings. The van der Waals surface area contributed by atoms with E-state index in [1.54, 1.807) is 11.6 Å². The van der Waals surface area contributed by atoms with Crippen LogP contribution in [-0.2, 0) is 18.4 Å². The van der Waals surface area contributed by atoms with Gasteiger partial charge >= 0.3 is 5.69 Å². The molecule has 0 radical (unpaired) electrons. The second-order valence-corrected chi connectivity index (χ2v) is 11.6. The lowest BCUT2D eigenvalue weighted by Crippen LogP contribution is -2.51. The lowest BCUT2D eigenvalue weighted by molar-refractivity contribution is -0.139. The minimum Gasteiger partial charge on any atom is -0.368 e. The van der Waals surface area contributed by atoms with Crippen molar-refractivity contribution in [3.8, 4) is 11.3 Å². The maximum Gasteiger partial charge on any atom is 0.330 e. The van der Waals surface area contributed by atoms with Crippen LogP contribution in [0, 0.1) is 10.8 Å². The molecule has 3 aromatic rings. The summed E-state index contributed by atoms with van der Waals surface area (Å²) >= 11 is 0. The highest BCUT2D eigenvalue weighted by Crippen LogP contribution is 2.26. The zero-order valence-corrected chi connectivity index (χ0v) is 21.6. The van der Waals surface area contributed by atoms with E-state index >= 15 is 0 Å². The van der Waals surface area contributed by atoms with Crippen LogP contribution in [0.25, 0.3) is 22.4 Å². The Balaban J connectivity index is 1.52. The quantitative estimate of drug-likeness (QED) is 0.586. The SMILES string of the molecule is Cn1c(=O)n(CC(C)(C)C)c2ccc(-c3ccc(N4CCN(C(=O)C(C)(C)C)CC4)cc3)nc21. The van der Waals surface area contributed by atoms with E-state index in [2.05, 4.69) is 49.9 Å². The maximum absolute atomic E-state index is 12.8. The molecule has 0 atom stereocenters. The fraction of sp³-hybridized carbons (Fsp3) is 0.519. The van der Waals surface area contributed by atoms with Crippen LogP contribution in [0.5, 0.6) is 0 Å². The number of anilines is 1. The first-order chi connectivity index (χ1) is 15.8. The van der Waals surface area contributed by atoms with E-state index in [-0.39, 0.29) is 22.4 Å². The first-order valence-electron chi connectivity index (χ1n) is 12.1. The number of nitrogens with zero attached hydrogens (tertiary/aromatic N) is 5. The molecule has 1 aromatic carbocycles. The van der Waals surface area contributed by atoms with E-state index in [0.29, 0.717) is 12.2 Å². The van der Waals surface area contributed by atoms with Gasteiger partial charge in [-0.2, -0.15) is 0 Å². The fourth-order valence-corrected chi connectivity index (χ4v) is 4.55. The molecule has 0 saturated carbocycles.